The molecule has 32 heavy (non-hydrogen) atoms. The van der Waals surface area contributed by atoms with Gasteiger partial charge in [0.15, 0.2) is 0 Å². The Kier molecular flexibility index (Phi) is 48.2. The molecule has 18 heteroatoms. The van der Waals surface area contributed by atoms with Crippen molar-refractivity contribution < 1.29 is 63.9 Å². The van der Waals surface area contributed by atoms with Gasteiger partial charge in [0.05, 0.1) is 18.1 Å². The molecular weight excluding hydrogens is 484 g/mol. The predicted octanol–water partition coefficient (Wildman–Crippen LogP) is -2.94. The van der Waals surface area contributed by atoms with Gasteiger partial charge in [-0.05, 0) is 47.6 Å². The van der Waals surface area contributed by atoms with Crippen LogP contribution in [0.5, 0.6) is 0 Å². The van der Waals surface area contributed by atoms with E-state index in [0.29, 0.717) is 26.0 Å². The Labute approximate surface area is 185 Å². The molecule has 0 aromatic heterocycles. The fraction of sp³-hybridized carbons (Fsp3) is 0.714. The van der Waals surface area contributed by atoms with Gasteiger partial charge in [-0.1, -0.05) is 0 Å². The van der Waals surface area contributed by atoms with E-state index in [1.54, 1.807) is 0 Å². The molecule has 0 bridgehead atoms. The van der Waals surface area contributed by atoms with E-state index in [4.69, 9.17) is 42.9 Å². The summed E-state index contributed by atoms with van der Waals surface area (Å²) in [4.78, 5) is 66.9. The Morgan fingerprint density at radius 1 is 0.906 bits per heavy atom. The molecule has 1 rings (SSSR count). The van der Waals surface area contributed by atoms with Crippen molar-refractivity contribution in [3.05, 3.63) is 0 Å². The Hall–Kier alpha value is -2.74. The van der Waals surface area contributed by atoms with Gasteiger partial charge in [-0.15, -0.1) is 0 Å². The molecule has 188 valence electrons. The summed E-state index contributed by atoms with van der Waals surface area (Å²) in [5.74, 6) is 0.0537. The molecule has 0 aliphatic carbocycles. The third-order valence-corrected chi connectivity index (χ3v) is 3.93. The summed E-state index contributed by atoms with van der Waals surface area (Å²) in [5.41, 5.74) is 0. The predicted molar refractivity (Wildman–Crippen MR) is 99.0 cm³/mol. The molecule has 0 atom stereocenters. The van der Waals surface area contributed by atoms with Crippen LogP contribution in [-0.4, -0.2) is 104 Å². The minimum atomic E-state index is -3.75. The third-order valence-electron chi connectivity index (χ3n) is 1.81. The molecule has 1 aliphatic rings. The van der Waals surface area contributed by atoms with Gasteiger partial charge in [0.1, 0.15) is 0 Å². The summed E-state index contributed by atoms with van der Waals surface area (Å²) in [6, 6.07) is 0. The van der Waals surface area contributed by atoms with E-state index in [1.165, 1.54) is 0 Å². The molecule has 0 amide bonds. The maximum atomic E-state index is 10.2. The van der Waals surface area contributed by atoms with Crippen molar-refractivity contribution in [2.75, 3.05) is 52.8 Å². The van der Waals surface area contributed by atoms with E-state index in [9.17, 15) is 16.8 Å². The van der Waals surface area contributed by atoms with Crippen molar-refractivity contribution in [3.8, 4) is 0 Å². The highest BCUT2D eigenvalue weighted by Crippen LogP contribution is 2.04. The van der Waals surface area contributed by atoms with Crippen molar-refractivity contribution in [2.24, 2.45) is 0 Å². The second kappa shape index (κ2) is 35.7. The topological polar surface area (TPSA) is 250 Å². The minimum absolute atomic E-state index is 0.148. The van der Waals surface area contributed by atoms with Crippen LogP contribution in [0.1, 0.15) is 12.8 Å². The molecular formula is C14H26N2O14S2. The Morgan fingerprint density at radius 3 is 1.34 bits per heavy atom. The second-order valence-corrected chi connectivity index (χ2v) is 8.04. The van der Waals surface area contributed by atoms with Crippen LogP contribution in [0.4, 0.5) is 0 Å². The molecule has 0 radical (unpaired) electrons. The first-order valence-electron chi connectivity index (χ1n) is 7.73. The van der Waals surface area contributed by atoms with Crippen LogP contribution in [0.2, 0.25) is 0 Å². The fourth-order valence-corrected chi connectivity index (χ4v) is 2.50. The average molecular weight is 510 g/mol. The summed E-state index contributed by atoms with van der Waals surface area (Å²) in [6.07, 6.45) is 2.13. The standard InChI is InChI=1S/C5H13NO3S.C3H6O3S.C2H7N.4CO2/c1-6(2)4-3-5-10(7,8)9;4-7(5)3-1-2-6-7;1-3-2;4*2-1-3/h3-5H2,1-2H3,(H,7,8,9);1-3H2;3H,1-2H3;;;;. The number of hydrogen-bond donors (Lipinski definition) is 2. The van der Waals surface area contributed by atoms with E-state index in [1.807, 2.05) is 33.1 Å². The molecule has 0 spiro atoms. The first kappa shape index (κ1) is 43.2. The summed E-state index contributed by atoms with van der Waals surface area (Å²) in [7, 11) is 0.660. The van der Waals surface area contributed by atoms with Crippen LogP contribution in [-0.2, 0) is 62.8 Å². The molecule has 0 saturated carbocycles. The van der Waals surface area contributed by atoms with Crippen LogP contribution >= 0.6 is 0 Å². The van der Waals surface area contributed by atoms with Gasteiger partial charge in [0, 0.05) is 0 Å². The van der Waals surface area contributed by atoms with Crippen molar-refractivity contribution in [3.63, 3.8) is 0 Å². The molecule has 0 aromatic rings. The van der Waals surface area contributed by atoms with Crippen LogP contribution < -0.4 is 5.32 Å². The van der Waals surface area contributed by atoms with Gasteiger partial charge in [-0.2, -0.15) is 55.2 Å². The highest BCUT2D eigenvalue weighted by Gasteiger charge is 2.16. The molecule has 1 saturated heterocycles. The lowest BCUT2D eigenvalue weighted by atomic mass is 10.5. The van der Waals surface area contributed by atoms with Crippen molar-refractivity contribution in [2.45, 2.75) is 12.8 Å². The summed E-state index contributed by atoms with van der Waals surface area (Å²) < 4.78 is 53.3. The third kappa shape index (κ3) is 107. The normalized spacial score (nSPS) is 11.6. The van der Waals surface area contributed by atoms with Gasteiger partial charge in [0.25, 0.3) is 20.2 Å². The van der Waals surface area contributed by atoms with Crippen LogP contribution in [0.25, 0.3) is 0 Å². The quantitative estimate of drug-likeness (QED) is 0.283. The average Bonchev–Trinajstić information content (AvgIpc) is 3.02. The Morgan fingerprint density at radius 2 is 1.22 bits per heavy atom. The van der Waals surface area contributed by atoms with Crippen molar-refractivity contribution in [1.29, 1.82) is 0 Å². The maximum Gasteiger partial charge on any atom is 0.373 e. The summed E-state index contributed by atoms with van der Waals surface area (Å²) in [5, 5.41) is 2.75. The van der Waals surface area contributed by atoms with Crippen LogP contribution in [0, 0.1) is 0 Å². The smallest absolute Gasteiger partial charge is 0.323 e. The lowest BCUT2D eigenvalue weighted by molar-refractivity contribution is -0.193. The van der Waals surface area contributed by atoms with E-state index in [2.05, 4.69) is 9.50 Å². The van der Waals surface area contributed by atoms with Crippen molar-refractivity contribution in [1.82, 2.24) is 10.2 Å². The Bertz CT molecular complexity index is 678. The maximum absolute atomic E-state index is 10.2. The summed E-state index contributed by atoms with van der Waals surface area (Å²) >= 11 is 0. The first-order chi connectivity index (χ1) is 14.7. The molecule has 0 aromatic carbocycles. The molecule has 1 fully saturated rings. The lowest BCUT2D eigenvalue weighted by Crippen LogP contribution is -2.16. The zero-order valence-corrected chi connectivity index (χ0v) is 19.4. The largest absolute Gasteiger partial charge is 0.373 e. The Balaban J connectivity index is -0.0000000672. The first-order valence-corrected chi connectivity index (χ1v) is 10.9. The van der Waals surface area contributed by atoms with Gasteiger partial charge >= 0.3 is 24.6 Å². The minimum Gasteiger partial charge on any atom is -0.323 e. The fourth-order valence-electron chi connectivity index (χ4n) is 1.04. The number of nitrogens with zero attached hydrogens (tertiary/aromatic N) is 1. The van der Waals surface area contributed by atoms with E-state index in [0.717, 1.165) is 0 Å². The second-order valence-electron chi connectivity index (χ2n) is 4.71. The number of carbonyl (C=O) groups excluding carboxylic acids is 8. The zero-order valence-electron chi connectivity index (χ0n) is 17.8. The SMILES string of the molecule is CN(C)CCCS(=O)(=O)O.CNC.O=C=O.O=C=O.O=C=O.O=C=O.O=S1(=O)CCCO1. The molecule has 0 unspecified atom stereocenters. The van der Waals surface area contributed by atoms with Crippen LogP contribution in [0.3, 0.4) is 0 Å². The van der Waals surface area contributed by atoms with Crippen LogP contribution in [0.15, 0.2) is 0 Å². The number of nitrogens with one attached hydrogen (secondary N) is 1. The van der Waals surface area contributed by atoms with Gasteiger partial charge < -0.3 is 10.2 Å². The van der Waals surface area contributed by atoms with E-state index < -0.39 is 20.2 Å². The van der Waals surface area contributed by atoms with Gasteiger partial charge in [-0.25, -0.2) is 0 Å². The zero-order chi connectivity index (χ0) is 27.1. The number of rotatable bonds is 4. The molecule has 16 nitrogen and oxygen atoms in total. The molecule has 2 N–H and O–H groups in total. The van der Waals surface area contributed by atoms with Gasteiger partial charge in [0.2, 0.25) is 0 Å². The van der Waals surface area contributed by atoms with E-state index in [-0.39, 0.29) is 36.1 Å². The molecule has 1 heterocycles. The highest BCUT2D eigenvalue weighted by molar-refractivity contribution is 7.86. The highest BCUT2D eigenvalue weighted by atomic mass is 32.2. The van der Waals surface area contributed by atoms with Gasteiger partial charge in [-0.3, -0.25) is 8.74 Å². The molecule has 1 aliphatic heterocycles. The lowest BCUT2D eigenvalue weighted by Gasteiger charge is -2.06. The van der Waals surface area contributed by atoms with E-state index >= 15 is 0 Å². The van der Waals surface area contributed by atoms with Crippen molar-refractivity contribution >= 4 is 44.8 Å². The monoisotopic (exact) mass is 510 g/mol. The number of hydrogen-bond acceptors (Lipinski definition) is 15. The summed E-state index contributed by atoms with van der Waals surface area (Å²) in [6.45, 7) is 1.06.